The number of rotatable bonds is 8. The molecule has 0 fully saturated rings. The van der Waals surface area contributed by atoms with Crippen LogP contribution in [0.25, 0.3) is 0 Å². The van der Waals surface area contributed by atoms with Crippen molar-refractivity contribution in [3.63, 3.8) is 0 Å². The van der Waals surface area contributed by atoms with Crippen LogP contribution in [0.3, 0.4) is 0 Å². The molecule has 5 nitrogen and oxygen atoms in total. The normalized spacial score (nSPS) is 11.0. The van der Waals surface area contributed by atoms with Crippen LogP contribution in [0.15, 0.2) is 97.1 Å². The molecule has 0 heterocycles. The number of hydrogen-bond acceptors (Lipinski definition) is 4. The van der Waals surface area contributed by atoms with Gasteiger partial charge in [0.25, 0.3) is 0 Å². The van der Waals surface area contributed by atoms with Gasteiger partial charge in [0.1, 0.15) is 23.0 Å². The molecule has 2 N–H and O–H groups in total. The number of ether oxygens (including phenoxy) is 2. The molecule has 35 heavy (non-hydrogen) atoms. The van der Waals surface area contributed by atoms with Crippen LogP contribution in [0, 0.1) is 0 Å². The lowest BCUT2D eigenvalue weighted by atomic mass is 9.78. The van der Waals surface area contributed by atoms with Gasteiger partial charge in [-0.2, -0.15) is 0 Å². The monoisotopic (exact) mass is 466 g/mol. The molecule has 0 spiro atoms. The number of carbonyl (C=O) groups excluding carboxylic acids is 1. The Labute approximate surface area is 206 Å². The number of benzene rings is 4. The van der Waals surface area contributed by atoms with Crippen molar-refractivity contribution in [2.75, 3.05) is 17.7 Å². The first-order valence-electron chi connectivity index (χ1n) is 11.6. The molecule has 0 atom stereocenters. The third-order valence-electron chi connectivity index (χ3n) is 5.94. The third kappa shape index (κ3) is 6.01. The van der Waals surface area contributed by atoms with Crippen molar-refractivity contribution in [1.29, 1.82) is 0 Å². The first kappa shape index (κ1) is 23.9. The molecule has 4 aromatic rings. The molecular formula is C30H30N2O3. The van der Waals surface area contributed by atoms with Crippen LogP contribution in [0.1, 0.15) is 31.9 Å². The molecule has 4 aromatic carbocycles. The predicted molar refractivity (Wildman–Crippen MR) is 142 cm³/mol. The molecule has 0 aliphatic heterocycles. The highest BCUT2D eigenvalue weighted by Gasteiger charge is 2.23. The first-order valence-corrected chi connectivity index (χ1v) is 11.6. The van der Waals surface area contributed by atoms with E-state index in [1.165, 1.54) is 18.1 Å². The van der Waals surface area contributed by atoms with Crippen molar-refractivity contribution in [2.24, 2.45) is 0 Å². The van der Waals surface area contributed by atoms with Crippen LogP contribution >= 0.6 is 0 Å². The Morgan fingerprint density at radius 3 is 1.29 bits per heavy atom. The Kier molecular flexibility index (Phi) is 7.06. The van der Waals surface area contributed by atoms with Gasteiger partial charge in [0.2, 0.25) is 5.91 Å². The SMILES string of the molecule is CNc1ccc(Oc2ccc(C(C)(C)c3ccc(Oc4ccc(NC(C)=O)cc4)cc3)cc2)cc1. The molecule has 0 radical (unpaired) electrons. The van der Waals surface area contributed by atoms with E-state index in [4.69, 9.17) is 9.47 Å². The summed E-state index contributed by atoms with van der Waals surface area (Å²) in [6, 6.07) is 31.5. The van der Waals surface area contributed by atoms with Gasteiger partial charge in [-0.1, -0.05) is 38.1 Å². The van der Waals surface area contributed by atoms with Crippen LogP contribution in [-0.2, 0) is 10.2 Å². The fourth-order valence-corrected chi connectivity index (χ4v) is 3.82. The molecule has 178 valence electrons. The van der Waals surface area contributed by atoms with Crippen molar-refractivity contribution in [1.82, 2.24) is 0 Å². The Morgan fingerprint density at radius 1 is 0.600 bits per heavy atom. The van der Waals surface area contributed by atoms with E-state index in [-0.39, 0.29) is 11.3 Å². The number of nitrogens with one attached hydrogen (secondary N) is 2. The van der Waals surface area contributed by atoms with Gasteiger partial charge in [0, 0.05) is 30.8 Å². The van der Waals surface area contributed by atoms with Gasteiger partial charge in [0.15, 0.2) is 0 Å². The zero-order valence-electron chi connectivity index (χ0n) is 20.5. The molecule has 0 aliphatic rings. The predicted octanol–water partition coefficient (Wildman–Crippen LogP) is 7.60. The van der Waals surface area contributed by atoms with E-state index in [1.54, 1.807) is 0 Å². The highest BCUT2D eigenvalue weighted by molar-refractivity contribution is 5.88. The minimum absolute atomic E-state index is 0.0986. The average molecular weight is 467 g/mol. The molecule has 4 rings (SSSR count). The maximum Gasteiger partial charge on any atom is 0.221 e. The number of hydrogen-bond donors (Lipinski definition) is 2. The fourth-order valence-electron chi connectivity index (χ4n) is 3.82. The summed E-state index contributed by atoms with van der Waals surface area (Å²) in [7, 11) is 1.89. The first-order chi connectivity index (χ1) is 16.8. The molecule has 0 saturated heterocycles. The van der Waals surface area contributed by atoms with Crippen LogP contribution in [0.2, 0.25) is 0 Å². The standard InChI is InChI=1S/C30H30N2O3/c1-21(33)32-25-11-19-29(20-12-25)35-27-15-7-23(8-16-27)30(2,3)22-5-13-26(14-6-22)34-28-17-9-24(31-4)10-18-28/h5-20,31H,1-4H3,(H,32,33). The summed E-state index contributed by atoms with van der Waals surface area (Å²) in [5.74, 6) is 2.97. The Hall–Kier alpha value is -4.25. The summed E-state index contributed by atoms with van der Waals surface area (Å²) >= 11 is 0. The number of anilines is 2. The van der Waals surface area contributed by atoms with E-state index in [9.17, 15) is 4.79 Å². The van der Waals surface area contributed by atoms with Gasteiger partial charge in [0.05, 0.1) is 0 Å². The Morgan fingerprint density at radius 2 is 0.943 bits per heavy atom. The summed E-state index contributed by atoms with van der Waals surface area (Å²) in [5, 5.41) is 5.86. The van der Waals surface area contributed by atoms with Crippen molar-refractivity contribution in [2.45, 2.75) is 26.2 Å². The van der Waals surface area contributed by atoms with E-state index >= 15 is 0 Å². The second-order valence-corrected chi connectivity index (χ2v) is 8.86. The second kappa shape index (κ2) is 10.3. The van der Waals surface area contributed by atoms with Gasteiger partial charge < -0.3 is 20.1 Å². The van der Waals surface area contributed by atoms with Gasteiger partial charge in [-0.3, -0.25) is 4.79 Å². The maximum atomic E-state index is 11.2. The fraction of sp³-hybridized carbons (Fsp3) is 0.167. The molecule has 1 amide bonds. The Bertz CT molecular complexity index is 1260. The summed E-state index contributed by atoms with van der Waals surface area (Å²) in [6.45, 7) is 5.89. The molecule has 0 unspecified atom stereocenters. The lowest BCUT2D eigenvalue weighted by Gasteiger charge is -2.26. The molecule has 0 saturated carbocycles. The van der Waals surface area contributed by atoms with E-state index < -0.39 is 0 Å². The average Bonchev–Trinajstić information content (AvgIpc) is 2.86. The quantitative estimate of drug-likeness (QED) is 0.281. The highest BCUT2D eigenvalue weighted by Crippen LogP contribution is 2.35. The lowest BCUT2D eigenvalue weighted by Crippen LogP contribution is -2.18. The van der Waals surface area contributed by atoms with Crippen LogP contribution in [0.5, 0.6) is 23.0 Å². The van der Waals surface area contributed by atoms with Gasteiger partial charge >= 0.3 is 0 Å². The van der Waals surface area contributed by atoms with Crippen LogP contribution in [0.4, 0.5) is 11.4 Å². The van der Waals surface area contributed by atoms with Gasteiger partial charge in [-0.15, -0.1) is 0 Å². The summed E-state index contributed by atoms with van der Waals surface area (Å²) in [5.41, 5.74) is 3.97. The third-order valence-corrected chi connectivity index (χ3v) is 5.94. The molecule has 0 aliphatic carbocycles. The minimum atomic E-state index is -0.189. The summed E-state index contributed by atoms with van der Waals surface area (Å²) < 4.78 is 12.0. The maximum absolute atomic E-state index is 11.2. The van der Waals surface area contributed by atoms with Crippen molar-refractivity contribution >= 4 is 17.3 Å². The van der Waals surface area contributed by atoms with Gasteiger partial charge in [-0.05, 0) is 83.9 Å². The summed E-state index contributed by atoms with van der Waals surface area (Å²) in [6.07, 6.45) is 0. The minimum Gasteiger partial charge on any atom is -0.457 e. The molecule has 0 aromatic heterocycles. The van der Waals surface area contributed by atoms with Crippen molar-refractivity contribution in [3.05, 3.63) is 108 Å². The van der Waals surface area contributed by atoms with E-state index in [1.807, 2.05) is 79.8 Å². The topological polar surface area (TPSA) is 59.6 Å². The van der Waals surface area contributed by atoms with Gasteiger partial charge in [-0.25, -0.2) is 0 Å². The van der Waals surface area contributed by atoms with E-state index in [0.717, 1.165) is 28.6 Å². The highest BCUT2D eigenvalue weighted by atomic mass is 16.5. The zero-order valence-corrected chi connectivity index (χ0v) is 20.5. The number of amides is 1. The lowest BCUT2D eigenvalue weighted by molar-refractivity contribution is -0.114. The van der Waals surface area contributed by atoms with Crippen molar-refractivity contribution in [3.8, 4) is 23.0 Å². The summed E-state index contributed by atoms with van der Waals surface area (Å²) in [4.78, 5) is 11.2. The number of carbonyl (C=O) groups is 1. The molecule has 5 heteroatoms. The van der Waals surface area contributed by atoms with Crippen molar-refractivity contribution < 1.29 is 14.3 Å². The molecule has 0 bridgehead atoms. The zero-order chi connectivity index (χ0) is 24.8. The van der Waals surface area contributed by atoms with E-state index in [0.29, 0.717) is 5.75 Å². The smallest absolute Gasteiger partial charge is 0.221 e. The van der Waals surface area contributed by atoms with E-state index in [2.05, 4.69) is 48.7 Å². The van der Waals surface area contributed by atoms with Crippen LogP contribution < -0.4 is 20.1 Å². The Balaban J connectivity index is 1.41. The van der Waals surface area contributed by atoms with Crippen LogP contribution in [-0.4, -0.2) is 13.0 Å². The largest absolute Gasteiger partial charge is 0.457 e. The second-order valence-electron chi connectivity index (χ2n) is 8.86. The molecular weight excluding hydrogens is 436 g/mol.